The van der Waals surface area contributed by atoms with Crippen molar-refractivity contribution in [1.82, 2.24) is 5.32 Å². The molecule has 0 aromatic heterocycles. The lowest BCUT2D eigenvalue weighted by atomic mass is 10.2. The fraction of sp³-hybridized carbons (Fsp3) is 0.867. The van der Waals surface area contributed by atoms with Gasteiger partial charge in [-0.3, -0.25) is 0 Å². The van der Waals surface area contributed by atoms with Gasteiger partial charge in [0, 0.05) is 13.0 Å². The molecule has 0 saturated heterocycles. The van der Waals surface area contributed by atoms with Crippen molar-refractivity contribution in [3.63, 3.8) is 0 Å². The Balaban J connectivity index is -0.0000000717. The summed E-state index contributed by atoms with van der Waals surface area (Å²) in [4.78, 5) is 20.7. The molecule has 0 radical (unpaired) electrons. The van der Waals surface area contributed by atoms with Gasteiger partial charge >= 0.3 is 6.09 Å². The Morgan fingerprint density at radius 3 is 1.63 bits per heavy atom. The van der Waals surface area contributed by atoms with Crippen LogP contribution in [0.3, 0.4) is 0 Å². The number of rotatable bonds is 3. The molecule has 19 heavy (non-hydrogen) atoms. The number of amides is 1. The third kappa shape index (κ3) is 38.3. The first-order valence-corrected chi connectivity index (χ1v) is 5.69. The van der Waals surface area contributed by atoms with Crippen LogP contribution in [0.15, 0.2) is 0 Å². The number of hydrogen-bond donors (Lipinski definition) is 1. The van der Waals surface area contributed by atoms with Crippen LogP contribution < -0.4 is 5.32 Å². The molecule has 0 saturated carbocycles. The van der Waals surface area contributed by atoms with Crippen molar-refractivity contribution in [1.29, 1.82) is 0 Å². The maximum atomic E-state index is 10.9. The van der Waals surface area contributed by atoms with E-state index in [9.17, 15) is 9.59 Å². The Morgan fingerprint density at radius 2 is 1.42 bits per heavy atom. The van der Waals surface area contributed by atoms with E-state index in [-0.39, 0.29) is 34.2 Å². The topological polar surface area (TPSA) is 55.4 Å². The largest absolute Gasteiger partial charge is 0.444 e. The smallest absolute Gasteiger partial charge is 0.407 e. The van der Waals surface area contributed by atoms with Crippen LogP contribution in [0.1, 0.15) is 76.7 Å². The molecule has 0 unspecified atom stereocenters. The molecule has 0 heterocycles. The maximum Gasteiger partial charge on any atom is 0.407 e. The van der Waals surface area contributed by atoms with Gasteiger partial charge in [0.15, 0.2) is 0 Å². The fourth-order valence-corrected chi connectivity index (χ4v) is 0.541. The van der Waals surface area contributed by atoms with Gasteiger partial charge in [-0.15, -0.1) is 0 Å². The van der Waals surface area contributed by atoms with Gasteiger partial charge in [0.2, 0.25) is 0 Å². The number of ether oxygens (including phenoxy) is 1. The molecule has 0 aromatic rings. The molecule has 0 bridgehead atoms. The van der Waals surface area contributed by atoms with E-state index in [1.165, 1.54) is 0 Å². The molecule has 4 heteroatoms. The van der Waals surface area contributed by atoms with Gasteiger partial charge in [-0.1, -0.05) is 36.1 Å². The first-order valence-electron chi connectivity index (χ1n) is 5.69. The Morgan fingerprint density at radius 1 is 1.05 bits per heavy atom. The van der Waals surface area contributed by atoms with Crippen molar-refractivity contribution in [3.8, 4) is 0 Å². The zero-order valence-corrected chi connectivity index (χ0v) is 11.3. The van der Waals surface area contributed by atoms with Crippen molar-refractivity contribution in [2.24, 2.45) is 0 Å². The van der Waals surface area contributed by atoms with Crippen LogP contribution in [0, 0.1) is 0 Å². The van der Waals surface area contributed by atoms with Gasteiger partial charge in [-0.2, -0.15) is 0 Å². The van der Waals surface area contributed by atoms with E-state index in [4.69, 9.17) is 4.74 Å². The van der Waals surface area contributed by atoms with Gasteiger partial charge in [0.25, 0.3) is 0 Å². The molecule has 0 aliphatic rings. The first-order chi connectivity index (χ1) is 7.22. The van der Waals surface area contributed by atoms with Crippen LogP contribution in [0.5, 0.6) is 0 Å². The minimum atomic E-state index is -0.391. The second kappa shape index (κ2) is 16.9. The van der Waals surface area contributed by atoms with Gasteiger partial charge < -0.3 is 14.8 Å². The quantitative estimate of drug-likeness (QED) is 0.806. The van der Waals surface area contributed by atoms with Crippen LogP contribution in [-0.4, -0.2) is 24.0 Å². The molecule has 0 fully saturated rings. The number of nitrogens with one attached hydrogen (secondary N) is 1. The van der Waals surface area contributed by atoms with Crippen LogP contribution in [0.4, 0.5) is 4.79 Å². The summed E-state index contributed by atoms with van der Waals surface area (Å²) in [5, 5.41) is 2.63. The highest BCUT2D eigenvalue weighted by atomic mass is 16.6. The van der Waals surface area contributed by atoms with Gasteiger partial charge in [-0.05, 0) is 34.1 Å². The van der Waals surface area contributed by atoms with Crippen molar-refractivity contribution in [2.75, 3.05) is 6.54 Å². The third-order valence-corrected chi connectivity index (χ3v) is 1.42. The Bertz CT molecular complexity index is 208. The minimum Gasteiger partial charge on any atom is -0.444 e. The second-order valence-corrected chi connectivity index (χ2v) is 4.48. The highest BCUT2D eigenvalue weighted by Gasteiger charge is 2.14. The van der Waals surface area contributed by atoms with E-state index in [0.29, 0.717) is 13.0 Å². The average Bonchev–Trinajstić information content (AvgIpc) is 2.13. The summed E-state index contributed by atoms with van der Waals surface area (Å²) in [6, 6.07) is 0. The van der Waals surface area contributed by atoms with Crippen molar-refractivity contribution >= 4 is 11.9 Å². The lowest BCUT2D eigenvalue weighted by Crippen LogP contribution is -2.32. The van der Waals surface area contributed by atoms with Crippen LogP contribution in [-0.2, 0) is 9.53 Å². The van der Waals surface area contributed by atoms with Crippen LogP contribution in [0.2, 0.25) is 0 Å². The molecule has 0 rings (SSSR count). The molecule has 0 atom stereocenters. The number of Topliss-reactive ketones (excluding diaryl/α,β-unsaturated/α-hetero) is 1. The Hall–Kier alpha value is -1.06. The molecule has 1 amide bonds. The molecule has 1 N–H and O–H groups in total. The number of ketones is 1. The Kier molecular flexibility index (Phi) is 27.4. The first kappa shape index (κ1) is 30.7. The monoisotopic (exact) mass is 279 g/mol. The van der Waals surface area contributed by atoms with Crippen molar-refractivity contribution in [3.05, 3.63) is 0 Å². The minimum absolute atomic E-state index is 0. The molecule has 0 aromatic carbocycles. The molecule has 0 spiro atoms. The summed E-state index contributed by atoms with van der Waals surface area (Å²) in [5.41, 5.74) is -0.391. The van der Waals surface area contributed by atoms with E-state index in [0.717, 1.165) is 6.42 Å². The number of carbonyl (C=O) groups is 2. The zero-order chi connectivity index (χ0) is 13.2. The summed E-state index contributed by atoms with van der Waals surface area (Å²) >= 11 is 0. The fourth-order valence-electron chi connectivity index (χ4n) is 0.541. The molecular weight excluding hydrogens is 242 g/mol. The summed E-state index contributed by atoms with van der Waals surface area (Å²) < 4.78 is 4.99. The number of alkyl carbamates (subject to hydrolysis) is 1. The molecular formula is C15H37NO3. The number of carbonyl (C=O) groups excluding carboxylic acids is 2. The average molecular weight is 279 g/mol. The predicted octanol–water partition coefficient (Wildman–Crippen LogP) is 4.81. The van der Waals surface area contributed by atoms with Crippen LogP contribution in [0.25, 0.3) is 0 Å². The van der Waals surface area contributed by atoms with E-state index in [2.05, 4.69) is 5.32 Å². The van der Waals surface area contributed by atoms with E-state index >= 15 is 0 Å². The maximum absolute atomic E-state index is 10.9. The zero-order valence-electron chi connectivity index (χ0n) is 11.3. The molecule has 0 aliphatic heterocycles. The highest BCUT2D eigenvalue weighted by molar-refractivity contribution is 5.74. The van der Waals surface area contributed by atoms with E-state index in [1.807, 2.05) is 34.6 Å². The van der Waals surface area contributed by atoms with Crippen molar-refractivity contribution in [2.45, 2.75) is 82.3 Å². The van der Waals surface area contributed by atoms with Gasteiger partial charge in [-0.25, -0.2) is 4.79 Å². The highest BCUT2D eigenvalue weighted by Crippen LogP contribution is 2.05. The molecule has 0 aliphatic carbocycles. The van der Waals surface area contributed by atoms with E-state index < -0.39 is 5.60 Å². The lowest BCUT2D eigenvalue weighted by molar-refractivity contribution is -0.116. The SMILES string of the molecule is C.C.C.CCC(C)=O.CCCNC(=O)OC(C)(C)C. The molecule has 4 nitrogen and oxygen atoms in total. The number of hydrogen-bond acceptors (Lipinski definition) is 3. The standard InChI is InChI=1S/C8H17NO2.C4H8O.3CH4/c1-5-6-9-7(10)11-8(2,3)4;1-3-4(2)5;;;/h5-6H2,1-4H3,(H,9,10);3H2,1-2H3;3*1H4. The van der Waals surface area contributed by atoms with Gasteiger partial charge in [0.05, 0.1) is 0 Å². The Labute approximate surface area is 121 Å². The van der Waals surface area contributed by atoms with Crippen LogP contribution >= 0.6 is 0 Å². The van der Waals surface area contributed by atoms with Crippen molar-refractivity contribution < 1.29 is 14.3 Å². The lowest BCUT2D eigenvalue weighted by Gasteiger charge is -2.19. The summed E-state index contributed by atoms with van der Waals surface area (Å²) in [5.74, 6) is 0.255. The predicted molar refractivity (Wildman–Crippen MR) is 85.7 cm³/mol. The normalized spacial score (nSPS) is 8.32. The summed E-state index contributed by atoms with van der Waals surface area (Å²) in [7, 11) is 0. The second-order valence-electron chi connectivity index (χ2n) is 4.48. The van der Waals surface area contributed by atoms with Gasteiger partial charge in [0.1, 0.15) is 11.4 Å². The molecule has 120 valence electrons. The summed E-state index contributed by atoms with van der Waals surface area (Å²) in [6.07, 6.45) is 1.26. The third-order valence-electron chi connectivity index (χ3n) is 1.42. The van der Waals surface area contributed by atoms with E-state index in [1.54, 1.807) is 6.92 Å². The summed E-state index contributed by atoms with van der Waals surface area (Å²) in [6.45, 7) is 11.6.